The molecule has 0 bridgehead atoms. The molecule has 1 heterocycles. The van der Waals surface area contributed by atoms with Crippen molar-refractivity contribution in [3.05, 3.63) is 0 Å². The predicted octanol–water partition coefficient (Wildman–Crippen LogP) is 2.18. The Morgan fingerprint density at radius 3 is 2.95 bits per heavy atom. The fourth-order valence-corrected chi connectivity index (χ4v) is 4.31. The molecule has 0 radical (unpaired) electrons. The van der Waals surface area contributed by atoms with Crippen molar-refractivity contribution in [3.8, 4) is 0 Å². The molecular weight excluding hydrogens is 272 g/mol. The molecule has 1 N–H and O–H groups in total. The lowest BCUT2D eigenvalue weighted by atomic mass is 9.95. The normalized spacial score (nSPS) is 27.4. The smallest absolute Gasteiger partial charge is 0.239 e. The Kier molecular flexibility index (Phi) is 6.20. The van der Waals surface area contributed by atoms with Crippen molar-refractivity contribution >= 4 is 23.6 Å². The molecule has 0 unspecified atom stereocenters. The zero-order valence-corrected chi connectivity index (χ0v) is 13.2. The molecule has 2 atom stereocenters. The van der Waals surface area contributed by atoms with E-state index < -0.39 is 0 Å². The van der Waals surface area contributed by atoms with Crippen LogP contribution in [0.1, 0.15) is 51.9 Å². The van der Waals surface area contributed by atoms with Gasteiger partial charge in [-0.05, 0) is 37.9 Å². The summed E-state index contributed by atoms with van der Waals surface area (Å²) in [6.45, 7) is 3.18. The average molecular weight is 298 g/mol. The van der Waals surface area contributed by atoms with Gasteiger partial charge in [0.25, 0.3) is 0 Å². The van der Waals surface area contributed by atoms with Crippen LogP contribution in [0.3, 0.4) is 0 Å². The van der Waals surface area contributed by atoms with Gasteiger partial charge in [-0.2, -0.15) is 11.8 Å². The van der Waals surface area contributed by atoms with Crippen LogP contribution in [-0.2, 0) is 9.59 Å². The first kappa shape index (κ1) is 15.7. The molecule has 1 saturated heterocycles. The van der Waals surface area contributed by atoms with Crippen LogP contribution in [0, 0.1) is 0 Å². The summed E-state index contributed by atoms with van der Waals surface area (Å²) in [6.07, 6.45) is 7.23. The molecule has 114 valence electrons. The van der Waals surface area contributed by atoms with Crippen molar-refractivity contribution in [2.24, 2.45) is 0 Å². The lowest BCUT2D eigenvalue weighted by molar-refractivity contribution is -0.138. The summed E-state index contributed by atoms with van der Waals surface area (Å²) in [5.74, 6) is 1.30. The Bertz CT molecular complexity index is 347. The molecule has 1 aliphatic heterocycles. The van der Waals surface area contributed by atoms with Crippen molar-refractivity contribution in [2.45, 2.75) is 63.2 Å². The molecular formula is C15H26N2O2S. The molecule has 20 heavy (non-hydrogen) atoms. The fourth-order valence-electron chi connectivity index (χ4n) is 3.14. The number of nitrogens with zero attached hydrogens (tertiary/aromatic N) is 1. The molecule has 2 aliphatic rings. The number of hydrogen-bond donors (Lipinski definition) is 1. The van der Waals surface area contributed by atoms with Crippen molar-refractivity contribution in [1.82, 2.24) is 10.2 Å². The highest BCUT2D eigenvalue weighted by Gasteiger charge is 2.25. The van der Waals surface area contributed by atoms with Gasteiger partial charge >= 0.3 is 0 Å². The van der Waals surface area contributed by atoms with E-state index in [1.807, 2.05) is 11.8 Å². The molecule has 2 amide bonds. The van der Waals surface area contributed by atoms with Crippen LogP contribution < -0.4 is 5.32 Å². The van der Waals surface area contributed by atoms with Crippen LogP contribution >= 0.6 is 11.8 Å². The molecule has 1 saturated carbocycles. The number of thioether (sulfide) groups is 1. The van der Waals surface area contributed by atoms with Crippen molar-refractivity contribution in [3.63, 3.8) is 0 Å². The molecule has 5 heteroatoms. The minimum absolute atomic E-state index is 0.0207. The zero-order valence-electron chi connectivity index (χ0n) is 12.4. The molecule has 0 spiro atoms. The maximum Gasteiger partial charge on any atom is 0.239 e. The van der Waals surface area contributed by atoms with Crippen LogP contribution in [0.4, 0.5) is 0 Å². The highest BCUT2D eigenvalue weighted by atomic mass is 32.2. The fraction of sp³-hybridized carbons (Fsp3) is 0.867. The molecule has 0 aromatic rings. The molecule has 2 fully saturated rings. The SMILES string of the molecule is CCS[C@@H]1CCC[C@H](NC(=O)CN2CCCCC2=O)C1. The average Bonchev–Trinajstić information content (AvgIpc) is 2.42. The minimum atomic E-state index is 0.0207. The second-order valence-corrected chi connectivity index (χ2v) is 7.36. The third-order valence-electron chi connectivity index (χ3n) is 4.15. The van der Waals surface area contributed by atoms with Crippen LogP contribution in [0.15, 0.2) is 0 Å². The van der Waals surface area contributed by atoms with Gasteiger partial charge < -0.3 is 10.2 Å². The van der Waals surface area contributed by atoms with Crippen LogP contribution in [0.2, 0.25) is 0 Å². The van der Waals surface area contributed by atoms with Gasteiger partial charge in [0.2, 0.25) is 11.8 Å². The summed E-state index contributed by atoms with van der Waals surface area (Å²) >= 11 is 2.00. The van der Waals surface area contributed by atoms with Gasteiger partial charge in [0, 0.05) is 24.3 Å². The van der Waals surface area contributed by atoms with Gasteiger partial charge in [0.05, 0.1) is 6.54 Å². The molecule has 2 rings (SSSR count). The number of rotatable bonds is 5. The molecule has 4 nitrogen and oxygen atoms in total. The summed E-state index contributed by atoms with van der Waals surface area (Å²) in [5.41, 5.74) is 0. The maximum absolute atomic E-state index is 12.1. The molecule has 0 aromatic carbocycles. The number of carbonyl (C=O) groups excluding carboxylic acids is 2. The molecule has 0 aromatic heterocycles. The number of likely N-dealkylation sites (tertiary alicyclic amines) is 1. The van der Waals surface area contributed by atoms with E-state index in [0.29, 0.717) is 17.7 Å². The Labute approximate surface area is 126 Å². The zero-order chi connectivity index (χ0) is 14.4. The standard InChI is InChI=1S/C15H26N2O2S/c1-2-20-13-7-5-6-12(10-13)16-14(18)11-17-9-4-3-8-15(17)19/h12-13H,2-11H2,1H3,(H,16,18)/t12-,13+/m0/s1. The highest BCUT2D eigenvalue weighted by molar-refractivity contribution is 7.99. The van der Waals surface area contributed by atoms with Gasteiger partial charge in [-0.25, -0.2) is 0 Å². The van der Waals surface area contributed by atoms with Gasteiger partial charge in [-0.3, -0.25) is 9.59 Å². The molecule has 1 aliphatic carbocycles. The first-order chi connectivity index (χ1) is 9.69. The summed E-state index contributed by atoms with van der Waals surface area (Å²) < 4.78 is 0. The van der Waals surface area contributed by atoms with E-state index in [-0.39, 0.29) is 18.4 Å². The maximum atomic E-state index is 12.1. The number of carbonyl (C=O) groups is 2. The number of piperidine rings is 1. The monoisotopic (exact) mass is 298 g/mol. The van der Waals surface area contributed by atoms with Gasteiger partial charge in [-0.1, -0.05) is 13.3 Å². The van der Waals surface area contributed by atoms with Gasteiger partial charge in [-0.15, -0.1) is 0 Å². The van der Waals surface area contributed by atoms with E-state index in [1.165, 1.54) is 12.8 Å². The largest absolute Gasteiger partial charge is 0.352 e. The first-order valence-electron chi connectivity index (χ1n) is 7.87. The van der Waals surface area contributed by atoms with E-state index in [4.69, 9.17) is 0 Å². The second kappa shape index (κ2) is 7.91. The van der Waals surface area contributed by atoms with E-state index in [2.05, 4.69) is 12.2 Å². The predicted molar refractivity (Wildman–Crippen MR) is 82.7 cm³/mol. The van der Waals surface area contributed by atoms with Crippen LogP contribution in [0.25, 0.3) is 0 Å². The Morgan fingerprint density at radius 1 is 1.35 bits per heavy atom. The second-order valence-electron chi connectivity index (χ2n) is 5.78. The van der Waals surface area contributed by atoms with Gasteiger partial charge in [0.1, 0.15) is 0 Å². The third-order valence-corrected chi connectivity index (χ3v) is 5.38. The number of nitrogens with one attached hydrogen (secondary N) is 1. The minimum Gasteiger partial charge on any atom is -0.352 e. The van der Waals surface area contributed by atoms with Gasteiger partial charge in [0.15, 0.2) is 0 Å². The van der Waals surface area contributed by atoms with Crippen molar-refractivity contribution < 1.29 is 9.59 Å². The third kappa shape index (κ3) is 4.69. The summed E-state index contributed by atoms with van der Waals surface area (Å²) in [7, 11) is 0. The van der Waals surface area contributed by atoms with E-state index >= 15 is 0 Å². The van der Waals surface area contributed by atoms with Crippen molar-refractivity contribution in [2.75, 3.05) is 18.8 Å². The lowest BCUT2D eigenvalue weighted by Crippen LogP contribution is -2.47. The number of amides is 2. The van der Waals surface area contributed by atoms with E-state index in [1.54, 1.807) is 4.90 Å². The topological polar surface area (TPSA) is 49.4 Å². The van der Waals surface area contributed by atoms with Crippen molar-refractivity contribution in [1.29, 1.82) is 0 Å². The summed E-state index contributed by atoms with van der Waals surface area (Å²) in [4.78, 5) is 25.5. The van der Waals surface area contributed by atoms with Crippen LogP contribution in [0.5, 0.6) is 0 Å². The summed E-state index contributed by atoms with van der Waals surface area (Å²) in [6, 6.07) is 0.306. The highest BCUT2D eigenvalue weighted by Crippen LogP contribution is 2.28. The Morgan fingerprint density at radius 2 is 2.20 bits per heavy atom. The van der Waals surface area contributed by atoms with Crippen LogP contribution in [-0.4, -0.2) is 46.8 Å². The van der Waals surface area contributed by atoms with E-state index in [9.17, 15) is 9.59 Å². The van der Waals surface area contributed by atoms with E-state index in [0.717, 1.165) is 38.0 Å². The summed E-state index contributed by atoms with van der Waals surface area (Å²) in [5, 5.41) is 3.82. The quantitative estimate of drug-likeness (QED) is 0.846. The lowest BCUT2D eigenvalue weighted by Gasteiger charge is -2.31. The Balaban J connectivity index is 1.74. The Hall–Kier alpha value is -0.710. The number of hydrogen-bond acceptors (Lipinski definition) is 3. The first-order valence-corrected chi connectivity index (χ1v) is 8.92.